The summed E-state index contributed by atoms with van der Waals surface area (Å²) in [6.45, 7) is 0.905. The summed E-state index contributed by atoms with van der Waals surface area (Å²) >= 11 is 3.33. The number of ether oxygens (including phenoxy) is 1. The Labute approximate surface area is 131 Å². The summed E-state index contributed by atoms with van der Waals surface area (Å²) in [6.07, 6.45) is 0. The Bertz CT molecular complexity index is 647. The lowest BCUT2D eigenvalue weighted by molar-refractivity contribution is 0.100. The van der Waals surface area contributed by atoms with Crippen LogP contribution in [0, 0.1) is 0 Å². The maximum atomic E-state index is 11.6. The van der Waals surface area contributed by atoms with Gasteiger partial charge in [-0.2, -0.15) is 0 Å². The van der Waals surface area contributed by atoms with Gasteiger partial charge in [0, 0.05) is 22.8 Å². The van der Waals surface area contributed by atoms with E-state index in [1.54, 1.807) is 12.1 Å². The molecule has 0 spiro atoms. The third-order valence-corrected chi connectivity index (χ3v) is 3.42. The van der Waals surface area contributed by atoms with Crippen molar-refractivity contribution < 1.29 is 9.53 Å². The van der Waals surface area contributed by atoms with E-state index < -0.39 is 5.91 Å². The highest BCUT2D eigenvalue weighted by Crippen LogP contribution is 2.28. The number of hydrogen-bond donors (Lipinski definition) is 3. The van der Waals surface area contributed by atoms with Gasteiger partial charge in [0.05, 0.1) is 11.3 Å². The molecule has 21 heavy (non-hydrogen) atoms. The third-order valence-electron chi connectivity index (χ3n) is 2.76. The van der Waals surface area contributed by atoms with Crippen molar-refractivity contribution in [3.05, 3.63) is 52.5 Å². The molecule has 2 aromatic carbocycles. The largest absolute Gasteiger partial charge is 0.492 e. The molecule has 0 saturated heterocycles. The number of amides is 1. The molecule has 2 aromatic rings. The van der Waals surface area contributed by atoms with E-state index >= 15 is 0 Å². The van der Waals surface area contributed by atoms with Crippen molar-refractivity contribution in [2.45, 2.75) is 0 Å². The van der Waals surface area contributed by atoms with E-state index in [0.717, 1.165) is 5.69 Å². The smallest absolute Gasteiger partial charge is 0.251 e. The zero-order chi connectivity index (χ0) is 15.2. The number of anilines is 2. The van der Waals surface area contributed by atoms with Gasteiger partial charge < -0.3 is 21.5 Å². The summed E-state index contributed by atoms with van der Waals surface area (Å²) in [5, 5.41) is 3.17. The predicted molar refractivity (Wildman–Crippen MR) is 86.9 cm³/mol. The van der Waals surface area contributed by atoms with Crippen LogP contribution >= 0.6 is 15.9 Å². The number of carbonyl (C=O) groups is 1. The maximum Gasteiger partial charge on any atom is 0.251 e. The number of rotatable bonds is 6. The summed E-state index contributed by atoms with van der Waals surface area (Å²) < 4.78 is 6.12. The Kier molecular flexibility index (Phi) is 5.19. The van der Waals surface area contributed by atoms with Gasteiger partial charge in [-0.3, -0.25) is 4.79 Å². The highest BCUT2D eigenvalue weighted by Gasteiger charge is 2.12. The Morgan fingerprint density at radius 1 is 1.24 bits per heavy atom. The van der Waals surface area contributed by atoms with Crippen LogP contribution in [0.3, 0.4) is 0 Å². The number of primary amides is 1. The van der Waals surface area contributed by atoms with Crippen LogP contribution in [0.4, 0.5) is 11.4 Å². The van der Waals surface area contributed by atoms with Gasteiger partial charge in [-0.15, -0.1) is 0 Å². The van der Waals surface area contributed by atoms with Crippen LogP contribution in [0.15, 0.2) is 46.9 Å². The number of benzene rings is 2. The van der Waals surface area contributed by atoms with E-state index in [0.29, 0.717) is 34.6 Å². The molecular weight excluding hydrogens is 334 g/mol. The second-order valence-corrected chi connectivity index (χ2v) is 5.17. The molecule has 0 saturated carbocycles. The summed E-state index contributed by atoms with van der Waals surface area (Å²) in [5.74, 6) is 0.210. The van der Waals surface area contributed by atoms with Crippen molar-refractivity contribution in [3.63, 3.8) is 0 Å². The van der Waals surface area contributed by atoms with Crippen LogP contribution in [0.5, 0.6) is 5.75 Å². The molecule has 110 valence electrons. The lowest BCUT2D eigenvalue weighted by atomic mass is 10.1. The molecule has 6 heteroatoms. The molecule has 0 aliphatic carbocycles. The quantitative estimate of drug-likeness (QED) is 0.747. The number of nitrogens with two attached hydrogens (primary N) is 2. The first-order chi connectivity index (χ1) is 10.1. The van der Waals surface area contributed by atoms with Crippen molar-refractivity contribution >= 4 is 33.2 Å². The summed E-state index contributed by atoms with van der Waals surface area (Å²) in [7, 11) is 0. The van der Waals surface area contributed by atoms with Crippen LogP contribution in [0.2, 0.25) is 0 Å². The van der Waals surface area contributed by atoms with Gasteiger partial charge in [0.25, 0.3) is 5.91 Å². The SMILES string of the molecule is NCCOc1cccc(Nc2cccc(Br)c2C(N)=O)c1. The third kappa shape index (κ3) is 3.96. The zero-order valence-corrected chi connectivity index (χ0v) is 12.9. The summed E-state index contributed by atoms with van der Waals surface area (Å²) in [6, 6.07) is 12.8. The van der Waals surface area contributed by atoms with E-state index in [-0.39, 0.29) is 0 Å². The molecular formula is C15H16BrN3O2. The number of halogens is 1. The Morgan fingerprint density at radius 3 is 2.71 bits per heavy atom. The first-order valence-electron chi connectivity index (χ1n) is 6.40. The monoisotopic (exact) mass is 349 g/mol. The fourth-order valence-electron chi connectivity index (χ4n) is 1.87. The lowest BCUT2D eigenvalue weighted by Gasteiger charge is -2.12. The summed E-state index contributed by atoms with van der Waals surface area (Å²) in [4.78, 5) is 11.6. The molecule has 0 bridgehead atoms. The molecule has 0 fully saturated rings. The number of nitrogens with one attached hydrogen (secondary N) is 1. The zero-order valence-electron chi connectivity index (χ0n) is 11.3. The minimum atomic E-state index is -0.500. The fraction of sp³-hybridized carbons (Fsp3) is 0.133. The van der Waals surface area contributed by atoms with Gasteiger partial charge in [0.15, 0.2) is 0 Å². The second kappa shape index (κ2) is 7.10. The van der Waals surface area contributed by atoms with Gasteiger partial charge in [-0.1, -0.05) is 12.1 Å². The van der Waals surface area contributed by atoms with Crippen LogP contribution in [-0.4, -0.2) is 19.1 Å². The minimum Gasteiger partial charge on any atom is -0.492 e. The first-order valence-corrected chi connectivity index (χ1v) is 7.19. The maximum absolute atomic E-state index is 11.6. The molecule has 5 nitrogen and oxygen atoms in total. The van der Waals surface area contributed by atoms with Crippen LogP contribution in [0.1, 0.15) is 10.4 Å². The molecule has 0 heterocycles. The van der Waals surface area contributed by atoms with Gasteiger partial charge in [-0.25, -0.2) is 0 Å². The fourth-order valence-corrected chi connectivity index (χ4v) is 2.44. The average Bonchev–Trinajstić information content (AvgIpc) is 2.45. The molecule has 5 N–H and O–H groups in total. The molecule has 0 radical (unpaired) electrons. The normalized spacial score (nSPS) is 10.2. The highest BCUT2D eigenvalue weighted by molar-refractivity contribution is 9.10. The van der Waals surface area contributed by atoms with Crippen LogP contribution < -0.4 is 21.5 Å². The van der Waals surface area contributed by atoms with Gasteiger partial charge in [0.2, 0.25) is 0 Å². The van der Waals surface area contributed by atoms with Crippen molar-refractivity contribution in [2.75, 3.05) is 18.5 Å². The Balaban J connectivity index is 2.26. The Hall–Kier alpha value is -2.05. The number of hydrogen-bond acceptors (Lipinski definition) is 4. The topological polar surface area (TPSA) is 90.4 Å². The van der Waals surface area contributed by atoms with E-state index in [1.165, 1.54) is 0 Å². The van der Waals surface area contributed by atoms with E-state index in [9.17, 15) is 4.79 Å². The first kappa shape index (κ1) is 15.3. The van der Waals surface area contributed by atoms with E-state index in [4.69, 9.17) is 16.2 Å². The predicted octanol–water partition coefficient (Wildman–Crippen LogP) is 2.63. The van der Waals surface area contributed by atoms with Crippen molar-refractivity contribution in [1.82, 2.24) is 0 Å². The molecule has 0 aliphatic rings. The molecule has 1 amide bonds. The molecule has 0 aliphatic heterocycles. The molecule has 0 atom stereocenters. The highest BCUT2D eigenvalue weighted by atomic mass is 79.9. The van der Waals surface area contributed by atoms with Crippen molar-refractivity contribution in [3.8, 4) is 5.75 Å². The van der Waals surface area contributed by atoms with Crippen molar-refractivity contribution in [2.24, 2.45) is 11.5 Å². The molecule has 2 rings (SSSR count). The van der Waals surface area contributed by atoms with Gasteiger partial charge in [-0.05, 0) is 40.2 Å². The van der Waals surface area contributed by atoms with Crippen LogP contribution in [0.25, 0.3) is 0 Å². The molecule has 0 unspecified atom stereocenters. The van der Waals surface area contributed by atoms with E-state index in [2.05, 4.69) is 21.2 Å². The lowest BCUT2D eigenvalue weighted by Crippen LogP contribution is -2.14. The van der Waals surface area contributed by atoms with Gasteiger partial charge >= 0.3 is 0 Å². The van der Waals surface area contributed by atoms with Gasteiger partial charge in [0.1, 0.15) is 12.4 Å². The molecule has 0 aromatic heterocycles. The minimum absolute atomic E-state index is 0.408. The standard InChI is InChI=1S/C15H16BrN3O2/c16-12-5-2-6-13(14(12)15(18)20)19-10-3-1-4-11(9-10)21-8-7-17/h1-6,9,19H,7-8,17H2,(H2,18,20). The van der Waals surface area contributed by atoms with E-state index in [1.807, 2.05) is 30.3 Å². The van der Waals surface area contributed by atoms with Crippen LogP contribution in [-0.2, 0) is 0 Å². The second-order valence-electron chi connectivity index (χ2n) is 4.32. The summed E-state index contributed by atoms with van der Waals surface area (Å²) in [5.41, 5.74) is 12.7. The Morgan fingerprint density at radius 2 is 2.00 bits per heavy atom. The number of carbonyl (C=O) groups excluding carboxylic acids is 1. The average molecular weight is 350 g/mol. The van der Waals surface area contributed by atoms with Crippen molar-refractivity contribution in [1.29, 1.82) is 0 Å².